The number of methoxy groups -OCH3 is 2. The van der Waals surface area contributed by atoms with Crippen molar-refractivity contribution in [2.75, 3.05) is 20.8 Å². The molecule has 1 aromatic heterocycles. The van der Waals surface area contributed by atoms with Gasteiger partial charge in [-0.3, -0.25) is 0 Å². The van der Waals surface area contributed by atoms with E-state index in [0.29, 0.717) is 23.8 Å². The molecule has 2 rings (SSSR count). The van der Waals surface area contributed by atoms with Crippen LogP contribution in [0, 0.1) is 0 Å². The van der Waals surface area contributed by atoms with Gasteiger partial charge in [0.05, 0.1) is 33.6 Å². The van der Waals surface area contributed by atoms with Gasteiger partial charge in [-0.2, -0.15) is 0 Å². The molecule has 130 valence electrons. The van der Waals surface area contributed by atoms with Crippen molar-refractivity contribution in [1.82, 2.24) is 5.32 Å². The predicted molar refractivity (Wildman–Crippen MR) is 91.2 cm³/mol. The molecular formula is C17H23N3O4. The number of nitrogens with one attached hydrogen (secondary N) is 1. The van der Waals surface area contributed by atoms with E-state index in [9.17, 15) is 5.11 Å². The summed E-state index contributed by atoms with van der Waals surface area (Å²) in [6.07, 6.45) is 1.51. The average Bonchev–Trinajstić information content (AvgIpc) is 3.13. The summed E-state index contributed by atoms with van der Waals surface area (Å²) in [6.45, 7) is 2.20. The SMILES string of the molecule is COc1ccc(CN=C(N)NCC(C)(O)c2ccco2)cc1OC. The molecule has 2 aromatic rings. The fourth-order valence-electron chi connectivity index (χ4n) is 2.15. The lowest BCUT2D eigenvalue weighted by molar-refractivity contribution is 0.0387. The van der Waals surface area contributed by atoms with Crippen LogP contribution in [-0.2, 0) is 12.1 Å². The third kappa shape index (κ3) is 4.42. The highest BCUT2D eigenvalue weighted by atomic mass is 16.5. The topological polar surface area (TPSA) is 102 Å². The normalized spacial score (nSPS) is 14.1. The van der Waals surface area contributed by atoms with E-state index in [1.54, 1.807) is 33.3 Å². The molecule has 0 aliphatic heterocycles. The highest BCUT2D eigenvalue weighted by Gasteiger charge is 2.26. The molecule has 1 unspecified atom stereocenters. The first-order chi connectivity index (χ1) is 11.5. The molecular weight excluding hydrogens is 310 g/mol. The molecule has 7 nitrogen and oxygen atoms in total. The molecule has 0 spiro atoms. The maximum Gasteiger partial charge on any atom is 0.189 e. The second-order valence-corrected chi connectivity index (χ2v) is 5.50. The molecule has 1 aromatic carbocycles. The molecule has 4 N–H and O–H groups in total. The largest absolute Gasteiger partial charge is 0.493 e. The third-order valence-electron chi connectivity index (χ3n) is 3.55. The fourth-order valence-corrected chi connectivity index (χ4v) is 2.15. The molecule has 0 aliphatic carbocycles. The second-order valence-electron chi connectivity index (χ2n) is 5.50. The van der Waals surface area contributed by atoms with Crippen LogP contribution in [0.4, 0.5) is 0 Å². The van der Waals surface area contributed by atoms with Crippen molar-refractivity contribution in [3.8, 4) is 11.5 Å². The summed E-state index contributed by atoms with van der Waals surface area (Å²) >= 11 is 0. The van der Waals surface area contributed by atoms with Crippen LogP contribution in [0.2, 0.25) is 0 Å². The number of guanidine groups is 1. The zero-order valence-electron chi connectivity index (χ0n) is 14.1. The van der Waals surface area contributed by atoms with E-state index < -0.39 is 5.60 Å². The van der Waals surface area contributed by atoms with Gasteiger partial charge in [-0.1, -0.05) is 6.07 Å². The number of aliphatic imine (C=N–C) groups is 1. The minimum Gasteiger partial charge on any atom is -0.493 e. The third-order valence-corrected chi connectivity index (χ3v) is 3.55. The molecule has 1 atom stereocenters. The Morgan fingerprint density at radius 1 is 1.29 bits per heavy atom. The number of nitrogens with zero attached hydrogens (tertiary/aromatic N) is 1. The summed E-state index contributed by atoms with van der Waals surface area (Å²) in [5.74, 6) is 1.99. The number of aliphatic hydroxyl groups is 1. The Bertz CT molecular complexity index is 681. The first kappa shape index (κ1) is 17.7. The van der Waals surface area contributed by atoms with Crippen LogP contribution in [-0.4, -0.2) is 31.8 Å². The first-order valence-electron chi connectivity index (χ1n) is 7.47. The molecule has 0 amide bonds. The van der Waals surface area contributed by atoms with Crippen LogP contribution >= 0.6 is 0 Å². The van der Waals surface area contributed by atoms with Crippen LogP contribution in [0.1, 0.15) is 18.2 Å². The lowest BCUT2D eigenvalue weighted by Crippen LogP contribution is -2.41. The monoisotopic (exact) mass is 333 g/mol. The van der Waals surface area contributed by atoms with E-state index in [2.05, 4.69) is 10.3 Å². The number of furan rings is 1. The molecule has 24 heavy (non-hydrogen) atoms. The Morgan fingerprint density at radius 3 is 2.67 bits per heavy atom. The number of hydrogen-bond donors (Lipinski definition) is 3. The summed E-state index contributed by atoms with van der Waals surface area (Å²) in [6, 6.07) is 8.97. The van der Waals surface area contributed by atoms with Gasteiger partial charge in [0.2, 0.25) is 0 Å². The standard InChI is InChI=1S/C17H23N3O4/c1-17(21,15-5-4-8-24-15)11-20-16(18)19-10-12-6-7-13(22-2)14(9-12)23-3/h4-9,21H,10-11H2,1-3H3,(H3,18,19,20). The van der Waals surface area contributed by atoms with E-state index in [1.807, 2.05) is 18.2 Å². The number of nitrogens with two attached hydrogens (primary N) is 1. The van der Waals surface area contributed by atoms with E-state index in [1.165, 1.54) is 6.26 Å². The van der Waals surface area contributed by atoms with Crippen molar-refractivity contribution in [1.29, 1.82) is 0 Å². The van der Waals surface area contributed by atoms with Crippen LogP contribution in [0.5, 0.6) is 11.5 Å². The zero-order valence-corrected chi connectivity index (χ0v) is 14.1. The van der Waals surface area contributed by atoms with Gasteiger partial charge in [0, 0.05) is 0 Å². The maximum atomic E-state index is 10.3. The smallest absolute Gasteiger partial charge is 0.189 e. The second kappa shape index (κ2) is 7.74. The quantitative estimate of drug-likeness (QED) is 0.525. The Balaban J connectivity index is 1.94. The Hall–Kier alpha value is -2.67. The van der Waals surface area contributed by atoms with Gasteiger partial charge >= 0.3 is 0 Å². The molecule has 0 radical (unpaired) electrons. The molecule has 0 fully saturated rings. The highest BCUT2D eigenvalue weighted by molar-refractivity contribution is 5.77. The summed E-state index contributed by atoms with van der Waals surface area (Å²) in [4.78, 5) is 4.25. The van der Waals surface area contributed by atoms with Gasteiger partial charge in [-0.05, 0) is 36.8 Å². The van der Waals surface area contributed by atoms with Crippen LogP contribution in [0.15, 0.2) is 46.0 Å². The predicted octanol–water partition coefficient (Wildman–Crippen LogP) is 1.61. The van der Waals surface area contributed by atoms with E-state index in [-0.39, 0.29) is 12.5 Å². The Kier molecular flexibility index (Phi) is 5.70. The van der Waals surface area contributed by atoms with Crippen LogP contribution < -0.4 is 20.5 Å². The van der Waals surface area contributed by atoms with E-state index in [0.717, 1.165) is 5.56 Å². The van der Waals surface area contributed by atoms with Crippen LogP contribution in [0.25, 0.3) is 0 Å². The molecule has 0 saturated carbocycles. The number of hydrogen-bond acceptors (Lipinski definition) is 5. The maximum absolute atomic E-state index is 10.3. The average molecular weight is 333 g/mol. The van der Waals surface area contributed by atoms with Crippen molar-refractivity contribution in [3.05, 3.63) is 47.9 Å². The van der Waals surface area contributed by atoms with Gasteiger partial charge in [-0.15, -0.1) is 0 Å². The van der Waals surface area contributed by atoms with Gasteiger partial charge in [0.15, 0.2) is 17.5 Å². The first-order valence-corrected chi connectivity index (χ1v) is 7.47. The van der Waals surface area contributed by atoms with Crippen molar-refractivity contribution >= 4 is 5.96 Å². The van der Waals surface area contributed by atoms with Gasteiger partial charge in [0.25, 0.3) is 0 Å². The Morgan fingerprint density at radius 2 is 2.04 bits per heavy atom. The minimum atomic E-state index is -1.17. The molecule has 1 heterocycles. The van der Waals surface area contributed by atoms with Crippen molar-refractivity contribution in [2.45, 2.75) is 19.1 Å². The van der Waals surface area contributed by atoms with Gasteiger partial charge in [0.1, 0.15) is 11.4 Å². The van der Waals surface area contributed by atoms with Gasteiger partial charge in [-0.25, -0.2) is 4.99 Å². The number of rotatable bonds is 7. The number of benzene rings is 1. The van der Waals surface area contributed by atoms with E-state index in [4.69, 9.17) is 19.6 Å². The molecule has 7 heteroatoms. The summed E-state index contributed by atoms with van der Waals surface area (Å²) in [5, 5.41) is 13.2. The van der Waals surface area contributed by atoms with Crippen molar-refractivity contribution in [3.63, 3.8) is 0 Å². The molecule has 0 aliphatic rings. The van der Waals surface area contributed by atoms with Crippen LogP contribution in [0.3, 0.4) is 0 Å². The summed E-state index contributed by atoms with van der Waals surface area (Å²) in [7, 11) is 3.17. The summed E-state index contributed by atoms with van der Waals surface area (Å²) < 4.78 is 15.7. The summed E-state index contributed by atoms with van der Waals surface area (Å²) in [5.41, 5.74) is 5.60. The lowest BCUT2D eigenvalue weighted by Gasteiger charge is -2.21. The van der Waals surface area contributed by atoms with E-state index >= 15 is 0 Å². The minimum absolute atomic E-state index is 0.182. The van der Waals surface area contributed by atoms with Crippen molar-refractivity contribution in [2.24, 2.45) is 10.7 Å². The fraction of sp³-hybridized carbons (Fsp3) is 0.353. The highest BCUT2D eigenvalue weighted by Crippen LogP contribution is 2.27. The van der Waals surface area contributed by atoms with Gasteiger partial charge < -0.3 is 30.0 Å². The molecule has 0 saturated heterocycles. The lowest BCUT2D eigenvalue weighted by atomic mass is 10.0. The zero-order chi connectivity index (χ0) is 17.6. The molecule has 0 bridgehead atoms. The Labute approximate surface area is 141 Å². The van der Waals surface area contributed by atoms with Crippen molar-refractivity contribution < 1.29 is 19.0 Å². The number of ether oxygens (including phenoxy) is 2.